The molecule has 4 fully saturated rings. The summed E-state index contributed by atoms with van der Waals surface area (Å²) in [7, 11) is 0. The van der Waals surface area contributed by atoms with Crippen molar-refractivity contribution in [3.8, 4) is 97.6 Å². The van der Waals surface area contributed by atoms with Crippen LogP contribution in [0, 0.1) is 23.7 Å². The van der Waals surface area contributed by atoms with Gasteiger partial charge in [-0.25, -0.2) is 49.0 Å². The van der Waals surface area contributed by atoms with E-state index in [9.17, 15) is 33.6 Å². The summed E-state index contributed by atoms with van der Waals surface area (Å²) in [6.07, 6.45) is 16.1. The van der Waals surface area contributed by atoms with Crippen LogP contribution in [0.2, 0.25) is 0 Å². The lowest BCUT2D eigenvalue weighted by molar-refractivity contribution is -0.128. The van der Waals surface area contributed by atoms with Gasteiger partial charge < -0.3 is 67.8 Å². The number of carbonyl (C=O) groups excluding carboxylic acids is 6. The maximum atomic E-state index is 13.6. The van der Waals surface area contributed by atoms with Gasteiger partial charge in [0.2, 0.25) is 11.8 Å². The van der Waals surface area contributed by atoms with Crippen LogP contribution in [0.4, 0.5) is 29.1 Å². The highest BCUT2D eigenvalue weighted by Gasteiger charge is 2.37. The quantitative estimate of drug-likeness (QED) is 0.0323. The number of carbonyl (C=O) groups is 6. The molecule has 19 rings (SSSR count). The third-order valence-electron chi connectivity index (χ3n) is 23.2. The number of pyridine rings is 1. The highest BCUT2D eigenvalue weighted by atomic mass is 16.5. The molecule has 0 bridgehead atoms. The molecule has 0 radical (unpaired) electrons. The minimum atomic E-state index is -0.650. The summed E-state index contributed by atoms with van der Waals surface area (Å²) in [5.74, 6) is 15.5. The lowest BCUT2D eigenvalue weighted by atomic mass is 10.1. The Morgan fingerprint density at radius 1 is 0.478 bits per heavy atom. The molecule has 0 aliphatic carbocycles. The summed E-state index contributed by atoms with van der Waals surface area (Å²) in [4.78, 5) is 125. The molecule has 134 heavy (non-hydrogen) atoms. The SMILES string of the molecule is C=CC(=O)N1CCC[C@@H](n2nc(-c3ccc(Oc4ccccc4)cc3)c(C(N)=O)c2N)C1.C=CC(=O)N1CCC[C@@H](n2nc(-c3ccc(Oc4ccccc4)cc3)c3c(N)ncnc32)C1.CC#CC(=O)N1CCC[C@H]1c1nc(-c2ccc(C(=O)Nc3ccccn3)cc2)c2c(N)nccn12.CC#CC(=O)N1CC[C@@H](n2c(=O)n(-c3ccc(Oc4ccccc4)cc3)c3c(N)ncnc32)C1. The van der Waals surface area contributed by atoms with Crippen LogP contribution in [0.25, 0.3) is 67.2 Å². The van der Waals surface area contributed by atoms with Crippen LogP contribution < -0.4 is 53.9 Å². The number of nitrogen functional groups attached to an aromatic ring is 4. The Morgan fingerprint density at radius 2 is 0.978 bits per heavy atom. The van der Waals surface area contributed by atoms with Gasteiger partial charge in [-0.05, 0) is 216 Å². The van der Waals surface area contributed by atoms with E-state index in [1.54, 1.807) is 128 Å². The number of primary amides is 1. The topological polar surface area (TPSA) is 442 Å². The molecule has 12 heterocycles. The molecule has 0 unspecified atom stereocenters. The standard InChI is InChI=1S/C26H23N7O2.C25H22N6O3.C25H24N6O2.C24H25N5O3/c1-2-6-21(34)32-15-5-7-19(32)25-31-22(23-24(27)29-14-16-33(23)25)17-9-11-18(12-10-17)26(35)30-20-8-3-4-13-28-20;1-2-6-21(32)29-14-13-18(15-29)31-24-22(23(26)27-16-28-24)30(25(31)33)17-9-11-20(12-10-17)34-19-7-4-3-5-8-19;1-2-21(32)30-14-6-7-18(15-30)31-25-22(24(26)27-16-28-25)23(29-31)17-10-12-20(13-11-17)33-19-8-4-3-5-9-19;1-2-20(30)28-14-6-7-17(15-28)29-23(25)21(24(26)31)22(27-29)16-10-12-19(13-11-16)32-18-8-4-3-5-9-18/h3-4,8-14,16,19H,5,7,15H2,1H3,(H2,27,29)(H,28,30,35);3-5,7-12,16,18H,13-15H2,1H3,(H2,26,27,28);2-5,8-13,16,18H,1,6-7,14-15H2,(H2,26,27,28);2-5,8-13,17H,1,6-7,14-15,25H2,(H2,26,31)/t19-;2*18-;17-/m0111/s1. The Hall–Kier alpha value is -17.6. The van der Waals surface area contributed by atoms with Crippen LogP contribution >= 0.6 is 0 Å². The number of imidazole rings is 2. The van der Waals surface area contributed by atoms with Crippen LogP contribution in [0.1, 0.15) is 110 Å². The summed E-state index contributed by atoms with van der Waals surface area (Å²) in [5.41, 5.74) is 38.0. The van der Waals surface area contributed by atoms with Gasteiger partial charge in [-0.1, -0.05) is 97.8 Å². The number of nitrogens with two attached hydrogens (primary N) is 5. The first-order valence-electron chi connectivity index (χ1n) is 43.4. The number of likely N-dealkylation sites (tertiary alicyclic amines) is 4. The molecule has 4 saturated heterocycles. The van der Waals surface area contributed by atoms with E-state index in [-0.39, 0.29) is 76.6 Å². The zero-order chi connectivity index (χ0) is 93.5. The van der Waals surface area contributed by atoms with Crippen LogP contribution in [0.15, 0.2) is 268 Å². The van der Waals surface area contributed by atoms with Crippen molar-refractivity contribution in [2.75, 3.05) is 74.1 Å². The van der Waals surface area contributed by atoms with Crippen molar-refractivity contribution in [2.24, 2.45) is 5.73 Å². The number of aromatic nitrogens is 14. The number of hydrogen-bond donors (Lipinski definition) is 6. The predicted octanol–water partition coefficient (Wildman–Crippen LogP) is 13.7. The Balaban J connectivity index is 0.000000130. The molecule has 6 amide bonds. The largest absolute Gasteiger partial charge is 0.457 e. The number of piperidine rings is 2. The minimum absolute atomic E-state index is 0.00566. The summed E-state index contributed by atoms with van der Waals surface area (Å²) >= 11 is 0. The summed E-state index contributed by atoms with van der Waals surface area (Å²) in [6.45, 7) is 14.3. The number of hydrogen-bond acceptors (Lipinski definition) is 23. The lowest BCUT2D eigenvalue weighted by Gasteiger charge is -2.32. The van der Waals surface area contributed by atoms with Crippen molar-refractivity contribution >= 4 is 92.2 Å². The Labute approximate surface area is 769 Å². The fraction of sp³-hybridized carbons (Fsp3) is 0.200. The summed E-state index contributed by atoms with van der Waals surface area (Å²) in [5, 5.41) is 13.0. The summed E-state index contributed by atoms with van der Waals surface area (Å²) in [6, 6.07) is 62.4. The zero-order valence-corrected chi connectivity index (χ0v) is 73.3. The Kier molecular flexibility index (Phi) is 27.4. The van der Waals surface area contributed by atoms with Crippen molar-refractivity contribution in [2.45, 2.75) is 83.0 Å². The third kappa shape index (κ3) is 19.7. The molecule has 4 aliphatic rings. The van der Waals surface area contributed by atoms with Gasteiger partial charge in [-0.3, -0.25) is 42.3 Å². The number of benzene rings is 7. The smallest absolute Gasteiger partial charge is 0.335 e. The fourth-order valence-electron chi connectivity index (χ4n) is 16.8. The molecule has 34 nitrogen and oxygen atoms in total. The maximum absolute atomic E-state index is 13.6. The number of anilines is 5. The lowest BCUT2D eigenvalue weighted by Crippen LogP contribution is -2.40. The van der Waals surface area contributed by atoms with Gasteiger partial charge in [0, 0.05) is 86.7 Å². The highest BCUT2D eigenvalue weighted by molar-refractivity contribution is 6.05. The number of ether oxygens (including phenoxy) is 3. The number of rotatable bonds is 19. The Bertz CT molecular complexity index is 7070. The molecule has 674 valence electrons. The molecule has 8 aromatic heterocycles. The van der Waals surface area contributed by atoms with Crippen LogP contribution in [-0.4, -0.2) is 169 Å². The van der Waals surface area contributed by atoms with Crippen molar-refractivity contribution in [1.29, 1.82) is 0 Å². The van der Waals surface area contributed by atoms with Gasteiger partial charge in [0.05, 0.1) is 35.2 Å². The molecule has 4 aliphatic heterocycles. The van der Waals surface area contributed by atoms with Gasteiger partial charge in [0.1, 0.15) is 110 Å². The van der Waals surface area contributed by atoms with Crippen LogP contribution in [-0.2, 0) is 19.2 Å². The van der Waals surface area contributed by atoms with Gasteiger partial charge in [-0.15, -0.1) is 0 Å². The average Bonchev–Trinajstić information content (AvgIpc) is 1.63. The first-order valence-corrected chi connectivity index (χ1v) is 43.4. The molecule has 34 heteroatoms. The molecular formula is C100H94N24O10. The molecule has 15 aromatic rings. The zero-order valence-electron chi connectivity index (χ0n) is 73.3. The molecule has 11 N–H and O–H groups in total. The predicted molar refractivity (Wildman–Crippen MR) is 509 cm³/mol. The normalized spacial score (nSPS) is 15.5. The van der Waals surface area contributed by atoms with E-state index < -0.39 is 5.91 Å². The van der Waals surface area contributed by atoms with Gasteiger partial charge in [0.25, 0.3) is 23.6 Å². The van der Waals surface area contributed by atoms with Crippen LogP contribution in [0.5, 0.6) is 34.5 Å². The van der Waals surface area contributed by atoms with E-state index >= 15 is 0 Å². The number of nitrogens with zero attached hydrogens (tertiary/aromatic N) is 18. The monoisotopic (exact) mass is 1790 g/mol. The van der Waals surface area contributed by atoms with E-state index in [2.05, 4.69) is 77.2 Å². The fourth-order valence-corrected chi connectivity index (χ4v) is 16.8. The van der Waals surface area contributed by atoms with Crippen molar-refractivity contribution in [3.05, 3.63) is 290 Å². The number of nitrogens with one attached hydrogen (secondary N) is 1. The van der Waals surface area contributed by atoms with E-state index in [0.717, 1.165) is 72.6 Å². The maximum Gasteiger partial charge on any atom is 0.335 e. The second kappa shape index (κ2) is 40.8. The highest BCUT2D eigenvalue weighted by Crippen LogP contribution is 2.41. The minimum Gasteiger partial charge on any atom is -0.457 e. The second-order valence-electron chi connectivity index (χ2n) is 31.6. The molecule has 0 spiro atoms. The second-order valence-corrected chi connectivity index (χ2v) is 31.6. The van der Waals surface area contributed by atoms with E-state index in [1.807, 2.05) is 149 Å². The number of para-hydroxylation sites is 3. The summed E-state index contributed by atoms with van der Waals surface area (Å²) < 4.78 is 26.1. The van der Waals surface area contributed by atoms with E-state index in [1.165, 1.54) is 29.4 Å². The first kappa shape index (κ1) is 89.8. The van der Waals surface area contributed by atoms with Gasteiger partial charge >= 0.3 is 5.69 Å². The first-order chi connectivity index (χ1) is 65.2. The average molecular weight is 1790 g/mol. The van der Waals surface area contributed by atoms with Gasteiger partial charge in [-0.2, -0.15) is 10.2 Å². The molecular weight excluding hydrogens is 1700 g/mol. The molecule has 7 aromatic carbocycles. The third-order valence-corrected chi connectivity index (χ3v) is 23.2. The van der Waals surface area contributed by atoms with E-state index in [4.69, 9.17) is 53.0 Å². The molecule has 4 atom stereocenters. The van der Waals surface area contributed by atoms with Crippen molar-refractivity contribution in [3.63, 3.8) is 0 Å². The molecule has 0 saturated carbocycles. The number of amides is 6. The van der Waals surface area contributed by atoms with Crippen LogP contribution in [0.3, 0.4) is 0 Å². The van der Waals surface area contributed by atoms with Gasteiger partial charge in [0.15, 0.2) is 17.1 Å². The number of fused-ring (bicyclic) bond motifs is 3. The van der Waals surface area contributed by atoms with Crippen molar-refractivity contribution in [1.82, 2.24) is 87.6 Å². The Morgan fingerprint density at radius 3 is 1.54 bits per heavy atom. The van der Waals surface area contributed by atoms with E-state index in [0.29, 0.717) is 149 Å². The van der Waals surface area contributed by atoms with Crippen molar-refractivity contribution < 1.29 is 43.0 Å².